The summed E-state index contributed by atoms with van der Waals surface area (Å²) in [7, 11) is 0. The maximum absolute atomic E-state index is 5.57. The molecule has 104 valence electrons. The van der Waals surface area contributed by atoms with Gasteiger partial charge in [0.2, 0.25) is 0 Å². The number of rotatable bonds is 4. The van der Waals surface area contributed by atoms with Crippen LogP contribution in [-0.4, -0.2) is 9.97 Å². The molecule has 3 rings (SSSR count). The van der Waals surface area contributed by atoms with Gasteiger partial charge in [0.1, 0.15) is 18.0 Å². The van der Waals surface area contributed by atoms with Gasteiger partial charge in [-0.05, 0) is 17.5 Å². The highest BCUT2D eigenvalue weighted by Crippen LogP contribution is 2.31. The van der Waals surface area contributed by atoms with E-state index in [-0.39, 0.29) is 0 Å². The van der Waals surface area contributed by atoms with Gasteiger partial charge in [-0.2, -0.15) is 0 Å². The van der Waals surface area contributed by atoms with Crippen molar-refractivity contribution >= 4 is 11.6 Å². The first-order valence-corrected chi connectivity index (χ1v) is 6.95. The van der Waals surface area contributed by atoms with Crippen molar-refractivity contribution in [3.05, 3.63) is 47.3 Å². The zero-order chi connectivity index (χ0) is 13.9. The average Bonchev–Trinajstić information content (AvgIpc) is 2.91. The van der Waals surface area contributed by atoms with Crippen LogP contribution in [0.3, 0.4) is 0 Å². The highest BCUT2D eigenvalue weighted by atomic mass is 15.3. The van der Waals surface area contributed by atoms with Gasteiger partial charge in [0, 0.05) is 18.7 Å². The number of nitrogens with zero attached hydrogens (tertiary/aromatic N) is 3. The van der Waals surface area contributed by atoms with Crippen LogP contribution in [-0.2, 0) is 19.5 Å². The number of fused-ring (bicyclic) bond motifs is 1. The molecule has 0 aliphatic carbocycles. The molecule has 1 aliphatic heterocycles. The summed E-state index contributed by atoms with van der Waals surface area (Å²) in [5.74, 6) is 7.29. The molecule has 1 aliphatic rings. The van der Waals surface area contributed by atoms with Crippen LogP contribution in [0.4, 0.5) is 11.6 Å². The van der Waals surface area contributed by atoms with Crippen LogP contribution in [0.25, 0.3) is 0 Å². The Morgan fingerprint density at radius 3 is 2.50 bits per heavy atom. The Morgan fingerprint density at radius 1 is 1.20 bits per heavy atom. The number of hydrogen-bond donors (Lipinski definition) is 2. The number of nitrogens with two attached hydrogens (primary N) is 1. The van der Waals surface area contributed by atoms with Gasteiger partial charge in [0.05, 0.1) is 0 Å². The van der Waals surface area contributed by atoms with Gasteiger partial charge in [-0.15, -0.1) is 0 Å². The largest absolute Gasteiger partial charge is 0.348 e. The molecule has 2 heterocycles. The summed E-state index contributed by atoms with van der Waals surface area (Å²) in [6, 6.07) is 8.53. The molecule has 0 fully saturated rings. The molecule has 5 heteroatoms. The van der Waals surface area contributed by atoms with Gasteiger partial charge in [-0.25, -0.2) is 15.8 Å². The fraction of sp³-hybridized carbons (Fsp3) is 0.333. The predicted molar refractivity (Wildman–Crippen MR) is 80.2 cm³/mol. The van der Waals surface area contributed by atoms with Crippen molar-refractivity contribution < 1.29 is 0 Å². The second kappa shape index (κ2) is 5.46. The standard InChI is InChI=1S/C15H19N5/c1-2-5-13-14(19-16)17-10-18-15(13)20-8-11-6-3-4-7-12(11)9-20/h3-4,6-7,10H,2,5,8-9,16H2,1H3,(H,17,18,19). The Bertz CT molecular complexity index is 586. The lowest BCUT2D eigenvalue weighted by Gasteiger charge is -2.21. The maximum atomic E-state index is 5.57. The minimum atomic E-state index is 0.729. The summed E-state index contributed by atoms with van der Waals surface area (Å²) in [5.41, 5.74) is 6.53. The molecule has 5 nitrogen and oxygen atoms in total. The first-order valence-electron chi connectivity index (χ1n) is 6.95. The van der Waals surface area contributed by atoms with Crippen molar-refractivity contribution in [3.63, 3.8) is 0 Å². The smallest absolute Gasteiger partial charge is 0.148 e. The van der Waals surface area contributed by atoms with E-state index in [9.17, 15) is 0 Å². The summed E-state index contributed by atoms with van der Waals surface area (Å²) in [4.78, 5) is 11.0. The van der Waals surface area contributed by atoms with E-state index < -0.39 is 0 Å². The Labute approximate surface area is 118 Å². The van der Waals surface area contributed by atoms with Crippen LogP contribution in [0.2, 0.25) is 0 Å². The Hall–Kier alpha value is -2.14. The van der Waals surface area contributed by atoms with Crippen LogP contribution in [0, 0.1) is 0 Å². The highest BCUT2D eigenvalue weighted by molar-refractivity contribution is 5.60. The maximum Gasteiger partial charge on any atom is 0.148 e. The van der Waals surface area contributed by atoms with Gasteiger partial charge in [0.15, 0.2) is 0 Å². The van der Waals surface area contributed by atoms with Crippen molar-refractivity contribution in [1.82, 2.24) is 9.97 Å². The molecule has 0 saturated carbocycles. The molecule has 1 aromatic heterocycles. The Kier molecular flexibility index (Phi) is 3.52. The summed E-state index contributed by atoms with van der Waals surface area (Å²) in [6.45, 7) is 3.94. The zero-order valence-corrected chi connectivity index (χ0v) is 11.6. The molecular weight excluding hydrogens is 250 g/mol. The molecule has 2 aromatic rings. The van der Waals surface area contributed by atoms with E-state index in [0.29, 0.717) is 0 Å². The van der Waals surface area contributed by atoms with Gasteiger partial charge < -0.3 is 10.3 Å². The zero-order valence-electron chi connectivity index (χ0n) is 11.6. The van der Waals surface area contributed by atoms with E-state index in [1.807, 2.05) is 0 Å². The van der Waals surface area contributed by atoms with Crippen molar-refractivity contribution in [2.45, 2.75) is 32.9 Å². The molecule has 0 bridgehead atoms. The molecule has 1 aromatic carbocycles. The third-order valence-electron chi connectivity index (χ3n) is 3.70. The highest BCUT2D eigenvalue weighted by Gasteiger charge is 2.23. The van der Waals surface area contributed by atoms with E-state index in [1.54, 1.807) is 6.33 Å². The molecule has 0 amide bonds. The third-order valence-corrected chi connectivity index (χ3v) is 3.70. The van der Waals surface area contributed by atoms with Gasteiger partial charge in [0.25, 0.3) is 0 Å². The quantitative estimate of drug-likeness (QED) is 0.658. The topological polar surface area (TPSA) is 67.1 Å². The molecule has 0 unspecified atom stereocenters. The summed E-state index contributed by atoms with van der Waals surface area (Å²) < 4.78 is 0. The molecule has 0 radical (unpaired) electrons. The second-order valence-corrected chi connectivity index (χ2v) is 5.04. The van der Waals surface area contributed by atoms with Crippen LogP contribution < -0.4 is 16.2 Å². The number of nitrogen functional groups attached to an aromatic ring is 1. The van der Waals surface area contributed by atoms with Crippen molar-refractivity contribution in [2.24, 2.45) is 5.84 Å². The number of hydrazine groups is 1. The van der Waals surface area contributed by atoms with E-state index >= 15 is 0 Å². The van der Waals surface area contributed by atoms with Crippen LogP contribution >= 0.6 is 0 Å². The monoisotopic (exact) mass is 269 g/mol. The van der Waals surface area contributed by atoms with Crippen LogP contribution in [0.1, 0.15) is 30.0 Å². The normalized spacial score (nSPS) is 13.4. The number of hydrogen-bond acceptors (Lipinski definition) is 5. The van der Waals surface area contributed by atoms with Crippen molar-refractivity contribution in [3.8, 4) is 0 Å². The summed E-state index contributed by atoms with van der Waals surface area (Å²) >= 11 is 0. The van der Waals surface area contributed by atoms with E-state index in [2.05, 4.69) is 51.5 Å². The predicted octanol–water partition coefficient (Wildman–Crippen LogP) is 2.23. The summed E-state index contributed by atoms with van der Waals surface area (Å²) in [6.07, 6.45) is 3.53. The minimum absolute atomic E-state index is 0.729. The third kappa shape index (κ3) is 2.20. The molecule has 0 saturated heterocycles. The van der Waals surface area contributed by atoms with Crippen molar-refractivity contribution in [1.29, 1.82) is 0 Å². The lowest BCUT2D eigenvalue weighted by atomic mass is 10.1. The van der Waals surface area contributed by atoms with Crippen LogP contribution in [0.5, 0.6) is 0 Å². The van der Waals surface area contributed by atoms with E-state index in [4.69, 9.17) is 5.84 Å². The molecule has 0 spiro atoms. The first-order chi connectivity index (χ1) is 9.83. The van der Waals surface area contributed by atoms with E-state index in [1.165, 1.54) is 11.1 Å². The molecule has 0 atom stereocenters. The number of aromatic nitrogens is 2. The van der Waals surface area contributed by atoms with Gasteiger partial charge in [-0.3, -0.25) is 0 Å². The fourth-order valence-corrected chi connectivity index (χ4v) is 2.76. The second-order valence-electron chi connectivity index (χ2n) is 5.04. The van der Waals surface area contributed by atoms with Crippen molar-refractivity contribution in [2.75, 3.05) is 10.3 Å². The minimum Gasteiger partial charge on any atom is -0.348 e. The lowest BCUT2D eigenvalue weighted by Crippen LogP contribution is -2.20. The number of anilines is 2. The first kappa shape index (κ1) is 12.9. The average molecular weight is 269 g/mol. The molecule has 20 heavy (non-hydrogen) atoms. The summed E-state index contributed by atoms with van der Waals surface area (Å²) in [5, 5.41) is 0. The SMILES string of the molecule is CCCc1c(NN)ncnc1N1Cc2ccccc2C1. The Balaban J connectivity index is 1.96. The number of nitrogens with one attached hydrogen (secondary N) is 1. The Morgan fingerprint density at radius 2 is 1.90 bits per heavy atom. The number of benzene rings is 1. The van der Waals surface area contributed by atoms with E-state index in [0.717, 1.165) is 43.1 Å². The lowest BCUT2D eigenvalue weighted by molar-refractivity contribution is 0.817. The van der Waals surface area contributed by atoms with Crippen LogP contribution in [0.15, 0.2) is 30.6 Å². The molecule has 3 N–H and O–H groups in total. The molecular formula is C15H19N5. The van der Waals surface area contributed by atoms with Gasteiger partial charge in [-0.1, -0.05) is 37.6 Å². The fourth-order valence-electron chi connectivity index (χ4n) is 2.76. The van der Waals surface area contributed by atoms with Gasteiger partial charge >= 0.3 is 0 Å².